The molecule has 0 spiro atoms. The maximum atomic E-state index is 13.2. The minimum absolute atomic E-state index is 0.119. The Kier molecular flexibility index (Phi) is 3.54. The third-order valence-corrected chi connectivity index (χ3v) is 3.38. The summed E-state index contributed by atoms with van der Waals surface area (Å²) in [5.41, 5.74) is 0.119. The van der Waals surface area contributed by atoms with Crippen molar-refractivity contribution in [3.8, 4) is 11.4 Å². The van der Waals surface area contributed by atoms with Crippen LogP contribution in [0.3, 0.4) is 0 Å². The number of hydrogen-bond donors (Lipinski definition) is 2. The van der Waals surface area contributed by atoms with Crippen LogP contribution < -0.4 is 10.2 Å². The Bertz CT molecular complexity index is 634. The van der Waals surface area contributed by atoms with Crippen LogP contribution >= 0.6 is 0 Å². The van der Waals surface area contributed by atoms with E-state index in [1.807, 2.05) is 11.8 Å². The van der Waals surface area contributed by atoms with Gasteiger partial charge in [0.05, 0.1) is 0 Å². The van der Waals surface area contributed by atoms with Crippen LogP contribution in [0.15, 0.2) is 12.1 Å². The summed E-state index contributed by atoms with van der Waals surface area (Å²) in [5.74, 6) is -3.33. The third kappa shape index (κ3) is 2.71. The maximum Gasteiger partial charge on any atom is 0.245 e. The first-order valence-electron chi connectivity index (χ1n) is 6.60. The Hall–Kier alpha value is -2.09. The number of aromatic nitrogens is 3. The molecule has 5 nitrogen and oxygen atoms in total. The topological polar surface area (TPSA) is 56.8 Å². The Labute approximate surface area is 119 Å². The molecule has 1 aromatic heterocycles. The lowest BCUT2D eigenvalue weighted by Crippen LogP contribution is -2.49. The summed E-state index contributed by atoms with van der Waals surface area (Å²) in [6.07, 6.45) is 0. The van der Waals surface area contributed by atoms with Crippen molar-refractivity contribution in [2.24, 2.45) is 0 Å². The quantitative estimate of drug-likeness (QED) is 0.828. The minimum Gasteiger partial charge on any atom is -0.337 e. The van der Waals surface area contributed by atoms with Gasteiger partial charge >= 0.3 is 0 Å². The van der Waals surface area contributed by atoms with Gasteiger partial charge in [0, 0.05) is 31.2 Å². The molecule has 1 aliphatic rings. The molecule has 21 heavy (non-hydrogen) atoms. The number of nitrogens with zero attached hydrogens (tertiary/aromatic N) is 3. The lowest BCUT2D eigenvalue weighted by Gasteiger charge is -2.30. The standard InChI is InChI=1S/C13H14F3N5/c1-7-6-21(3-2-17-7)13-18-12(19-20-13)8-4-9(14)11(16)10(15)5-8/h4-5,7,17H,2-3,6H2,1H3,(H,18,19,20)/t7-/m0/s1. The summed E-state index contributed by atoms with van der Waals surface area (Å²) in [5, 5.41) is 9.98. The Morgan fingerprint density at radius 1 is 1.24 bits per heavy atom. The molecule has 1 aromatic carbocycles. The number of halogens is 3. The number of H-pyrrole nitrogens is 1. The molecule has 1 fully saturated rings. The third-order valence-electron chi connectivity index (χ3n) is 3.38. The summed E-state index contributed by atoms with van der Waals surface area (Å²) in [4.78, 5) is 6.20. The first kappa shape index (κ1) is 13.9. The fourth-order valence-electron chi connectivity index (χ4n) is 2.33. The van der Waals surface area contributed by atoms with Gasteiger partial charge in [0.2, 0.25) is 5.95 Å². The lowest BCUT2D eigenvalue weighted by molar-refractivity contribution is 0.447. The molecule has 8 heteroatoms. The van der Waals surface area contributed by atoms with E-state index in [1.165, 1.54) is 0 Å². The number of piperazine rings is 1. The van der Waals surface area contributed by atoms with Crippen LogP contribution in [0, 0.1) is 17.5 Å². The summed E-state index contributed by atoms with van der Waals surface area (Å²) in [7, 11) is 0. The van der Waals surface area contributed by atoms with Gasteiger partial charge in [-0.05, 0) is 19.1 Å². The number of benzene rings is 1. The average Bonchev–Trinajstić information content (AvgIpc) is 2.94. The van der Waals surface area contributed by atoms with Crippen LogP contribution in [-0.4, -0.2) is 40.9 Å². The molecule has 0 bridgehead atoms. The molecule has 2 heterocycles. The number of hydrogen-bond acceptors (Lipinski definition) is 4. The molecule has 0 radical (unpaired) electrons. The molecule has 1 saturated heterocycles. The van der Waals surface area contributed by atoms with E-state index in [1.54, 1.807) is 0 Å². The Balaban J connectivity index is 1.88. The molecule has 0 amide bonds. The monoisotopic (exact) mass is 297 g/mol. The van der Waals surface area contributed by atoms with E-state index in [9.17, 15) is 13.2 Å². The average molecular weight is 297 g/mol. The van der Waals surface area contributed by atoms with E-state index in [0.29, 0.717) is 12.0 Å². The minimum atomic E-state index is -1.49. The highest BCUT2D eigenvalue weighted by Crippen LogP contribution is 2.22. The van der Waals surface area contributed by atoms with Gasteiger partial charge in [0.25, 0.3) is 0 Å². The van der Waals surface area contributed by atoms with E-state index in [0.717, 1.165) is 31.8 Å². The lowest BCUT2D eigenvalue weighted by atomic mass is 10.2. The Morgan fingerprint density at radius 3 is 2.62 bits per heavy atom. The first-order valence-corrected chi connectivity index (χ1v) is 6.60. The van der Waals surface area contributed by atoms with Crippen molar-refractivity contribution >= 4 is 5.95 Å². The van der Waals surface area contributed by atoms with Crippen molar-refractivity contribution in [1.29, 1.82) is 0 Å². The molecule has 0 aliphatic carbocycles. The van der Waals surface area contributed by atoms with Crippen LogP contribution in [0.4, 0.5) is 19.1 Å². The van der Waals surface area contributed by atoms with Crippen molar-refractivity contribution in [2.45, 2.75) is 13.0 Å². The zero-order valence-electron chi connectivity index (χ0n) is 11.3. The SMILES string of the molecule is C[C@H]1CN(c2n[nH]c(-c3cc(F)c(F)c(F)c3)n2)CCN1. The normalized spacial score (nSPS) is 19.0. The van der Waals surface area contributed by atoms with Crippen molar-refractivity contribution in [2.75, 3.05) is 24.5 Å². The zero-order valence-corrected chi connectivity index (χ0v) is 11.3. The van der Waals surface area contributed by atoms with Crippen LogP contribution in [0.1, 0.15) is 6.92 Å². The second kappa shape index (κ2) is 5.36. The molecule has 0 saturated carbocycles. The van der Waals surface area contributed by atoms with Gasteiger partial charge in [-0.15, -0.1) is 5.10 Å². The first-order chi connectivity index (χ1) is 10.0. The number of anilines is 1. The molecule has 0 unspecified atom stereocenters. The number of nitrogens with one attached hydrogen (secondary N) is 2. The molecule has 2 N–H and O–H groups in total. The fraction of sp³-hybridized carbons (Fsp3) is 0.385. The van der Waals surface area contributed by atoms with Gasteiger partial charge in [0.15, 0.2) is 23.3 Å². The number of aromatic amines is 1. The number of rotatable bonds is 2. The molecule has 1 atom stereocenters. The van der Waals surface area contributed by atoms with E-state index >= 15 is 0 Å². The smallest absolute Gasteiger partial charge is 0.245 e. The van der Waals surface area contributed by atoms with E-state index < -0.39 is 17.5 Å². The molecular formula is C13H14F3N5. The van der Waals surface area contributed by atoms with Crippen molar-refractivity contribution in [1.82, 2.24) is 20.5 Å². The summed E-state index contributed by atoms with van der Waals surface area (Å²) >= 11 is 0. The summed E-state index contributed by atoms with van der Waals surface area (Å²) in [6, 6.07) is 2.09. The highest BCUT2D eigenvalue weighted by atomic mass is 19.2. The molecular weight excluding hydrogens is 283 g/mol. The van der Waals surface area contributed by atoms with Crippen LogP contribution in [0.5, 0.6) is 0 Å². The van der Waals surface area contributed by atoms with Crippen LogP contribution in [0.2, 0.25) is 0 Å². The van der Waals surface area contributed by atoms with E-state index in [4.69, 9.17) is 0 Å². The van der Waals surface area contributed by atoms with Gasteiger partial charge in [-0.2, -0.15) is 4.98 Å². The van der Waals surface area contributed by atoms with Crippen molar-refractivity contribution in [3.05, 3.63) is 29.6 Å². The zero-order chi connectivity index (χ0) is 15.0. The highest BCUT2D eigenvalue weighted by molar-refractivity contribution is 5.56. The largest absolute Gasteiger partial charge is 0.337 e. The van der Waals surface area contributed by atoms with Gasteiger partial charge in [-0.1, -0.05) is 0 Å². The molecule has 112 valence electrons. The Morgan fingerprint density at radius 2 is 1.95 bits per heavy atom. The van der Waals surface area contributed by atoms with Crippen LogP contribution in [-0.2, 0) is 0 Å². The van der Waals surface area contributed by atoms with E-state index in [-0.39, 0.29) is 11.4 Å². The predicted octanol–water partition coefficient (Wildman–Crippen LogP) is 1.69. The van der Waals surface area contributed by atoms with Gasteiger partial charge in [0.1, 0.15) is 0 Å². The van der Waals surface area contributed by atoms with Crippen molar-refractivity contribution < 1.29 is 13.2 Å². The molecule has 3 rings (SSSR count). The molecule has 2 aromatic rings. The maximum absolute atomic E-state index is 13.2. The summed E-state index contributed by atoms with van der Waals surface area (Å²) in [6.45, 7) is 4.34. The van der Waals surface area contributed by atoms with Crippen molar-refractivity contribution in [3.63, 3.8) is 0 Å². The van der Waals surface area contributed by atoms with E-state index in [2.05, 4.69) is 20.5 Å². The van der Waals surface area contributed by atoms with Gasteiger partial charge < -0.3 is 10.2 Å². The van der Waals surface area contributed by atoms with Gasteiger partial charge in [-0.3, -0.25) is 5.10 Å². The predicted molar refractivity (Wildman–Crippen MR) is 71.4 cm³/mol. The van der Waals surface area contributed by atoms with Gasteiger partial charge in [-0.25, -0.2) is 13.2 Å². The molecule has 1 aliphatic heterocycles. The highest BCUT2D eigenvalue weighted by Gasteiger charge is 2.20. The summed E-state index contributed by atoms with van der Waals surface area (Å²) < 4.78 is 39.4. The van der Waals surface area contributed by atoms with Crippen LogP contribution in [0.25, 0.3) is 11.4 Å². The second-order valence-electron chi connectivity index (χ2n) is 5.04. The fourth-order valence-corrected chi connectivity index (χ4v) is 2.33. The second-order valence-corrected chi connectivity index (χ2v) is 5.04.